The molecule has 0 bridgehead atoms. The molecule has 0 unspecified atom stereocenters. The van der Waals surface area contributed by atoms with Crippen molar-refractivity contribution in [1.29, 1.82) is 0 Å². The van der Waals surface area contributed by atoms with Gasteiger partial charge in [0.25, 0.3) is 0 Å². The third-order valence-electron chi connectivity index (χ3n) is 4.80. The molecule has 152 valence electrons. The van der Waals surface area contributed by atoms with E-state index >= 15 is 0 Å². The number of benzene rings is 2. The van der Waals surface area contributed by atoms with Gasteiger partial charge in [-0.2, -0.15) is 10.1 Å². The van der Waals surface area contributed by atoms with Gasteiger partial charge in [0.05, 0.1) is 11.4 Å². The molecule has 2 aromatic heterocycles. The first kappa shape index (κ1) is 19.6. The van der Waals surface area contributed by atoms with Crippen LogP contribution < -0.4 is 5.32 Å². The maximum Gasteiger partial charge on any atom is 0.227 e. The minimum atomic E-state index is -0.129. The van der Waals surface area contributed by atoms with E-state index in [9.17, 15) is 4.79 Å². The molecule has 7 heteroatoms. The van der Waals surface area contributed by atoms with Crippen LogP contribution in [-0.2, 0) is 11.2 Å². The average Bonchev–Trinajstić information content (AvgIpc) is 3.45. The van der Waals surface area contributed by atoms with Crippen molar-refractivity contribution in [2.24, 2.45) is 0 Å². The number of carbonyl (C=O) groups is 1. The topological polar surface area (TPSA) is 85.8 Å². The van der Waals surface area contributed by atoms with Gasteiger partial charge in [-0.3, -0.25) is 4.79 Å². The minimum absolute atomic E-state index is 0.129. The van der Waals surface area contributed by atoms with E-state index in [2.05, 4.69) is 46.5 Å². The molecule has 1 N–H and O–H groups in total. The first-order valence-corrected chi connectivity index (χ1v) is 9.92. The van der Waals surface area contributed by atoms with Gasteiger partial charge in [0.15, 0.2) is 0 Å². The Balaban J connectivity index is 1.37. The van der Waals surface area contributed by atoms with E-state index in [1.54, 1.807) is 10.9 Å². The van der Waals surface area contributed by atoms with Gasteiger partial charge in [-0.25, -0.2) is 4.68 Å². The van der Waals surface area contributed by atoms with Gasteiger partial charge >= 0.3 is 0 Å². The monoisotopic (exact) mass is 401 g/mol. The zero-order valence-corrected chi connectivity index (χ0v) is 16.9. The molecule has 0 fully saturated rings. The third kappa shape index (κ3) is 4.46. The number of anilines is 1. The Morgan fingerprint density at radius 2 is 1.90 bits per heavy atom. The number of aromatic nitrogens is 4. The normalized spacial score (nSPS) is 11.0. The summed E-state index contributed by atoms with van der Waals surface area (Å²) in [6.07, 6.45) is 4.13. The van der Waals surface area contributed by atoms with Crippen molar-refractivity contribution in [3.8, 4) is 17.1 Å². The number of nitrogens with one attached hydrogen (secondary N) is 1. The standard InChI is InChI=1S/C23H23N5O2/c1-16(2)17-8-10-18(11-9-17)23-26-22(30-27-23)13-12-21(29)25-19-6-3-4-7-20(19)28-15-5-14-24-28/h3-11,14-16H,12-13H2,1-2H3,(H,25,29). The van der Waals surface area contributed by atoms with E-state index < -0.39 is 0 Å². The molecule has 4 rings (SSSR count). The summed E-state index contributed by atoms with van der Waals surface area (Å²) in [5, 5.41) is 11.2. The summed E-state index contributed by atoms with van der Waals surface area (Å²) in [4.78, 5) is 16.9. The maximum absolute atomic E-state index is 12.5. The highest BCUT2D eigenvalue weighted by Crippen LogP contribution is 2.22. The van der Waals surface area contributed by atoms with Crippen LogP contribution in [0.4, 0.5) is 5.69 Å². The van der Waals surface area contributed by atoms with Crippen LogP contribution in [0, 0.1) is 0 Å². The summed E-state index contributed by atoms with van der Waals surface area (Å²) < 4.78 is 7.04. The van der Waals surface area contributed by atoms with Gasteiger partial charge in [0.2, 0.25) is 17.6 Å². The van der Waals surface area contributed by atoms with Gasteiger partial charge in [0, 0.05) is 30.8 Å². The van der Waals surface area contributed by atoms with Gasteiger partial charge in [0.1, 0.15) is 0 Å². The molecule has 0 aliphatic rings. The van der Waals surface area contributed by atoms with Gasteiger partial charge in [-0.15, -0.1) is 0 Å². The molecule has 30 heavy (non-hydrogen) atoms. The molecule has 0 atom stereocenters. The Morgan fingerprint density at radius 3 is 2.63 bits per heavy atom. The smallest absolute Gasteiger partial charge is 0.227 e. The first-order chi connectivity index (χ1) is 14.6. The van der Waals surface area contributed by atoms with Crippen LogP contribution in [0.5, 0.6) is 0 Å². The van der Waals surface area contributed by atoms with Gasteiger partial charge < -0.3 is 9.84 Å². The lowest BCUT2D eigenvalue weighted by Gasteiger charge is -2.10. The SMILES string of the molecule is CC(C)c1ccc(-c2noc(CCC(=O)Nc3ccccc3-n3cccn3)n2)cc1. The quantitative estimate of drug-likeness (QED) is 0.488. The summed E-state index contributed by atoms with van der Waals surface area (Å²) in [6, 6.07) is 17.5. The van der Waals surface area contributed by atoms with Crippen LogP contribution in [0.25, 0.3) is 17.1 Å². The number of amides is 1. The lowest BCUT2D eigenvalue weighted by atomic mass is 10.0. The molecule has 0 saturated heterocycles. The van der Waals surface area contributed by atoms with Crippen LogP contribution in [0.2, 0.25) is 0 Å². The Bertz CT molecular complexity index is 1110. The third-order valence-corrected chi connectivity index (χ3v) is 4.80. The second-order valence-corrected chi connectivity index (χ2v) is 7.30. The fraction of sp³-hybridized carbons (Fsp3) is 0.217. The van der Waals surface area contributed by atoms with Gasteiger partial charge in [-0.05, 0) is 29.7 Å². The molecule has 4 aromatic rings. The number of para-hydroxylation sites is 2. The molecule has 0 spiro atoms. The van der Waals surface area contributed by atoms with Crippen LogP contribution in [0.1, 0.15) is 37.6 Å². The van der Waals surface area contributed by atoms with Crippen molar-refractivity contribution in [1.82, 2.24) is 19.9 Å². The molecular formula is C23H23N5O2. The summed E-state index contributed by atoms with van der Waals surface area (Å²) in [6.45, 7) is 4.31. The molecule has 0 radical (unpaired) electrons. The predicted octanol–water partition coefficient (Wildman–Crippen LogP) is 4.62. The highest BCUT2D eigenvalue weighted by Gasteiger charge is 2.13. The van der Waals surface area contributed by atoms with Crippen LogP contribution >= 0.6 is 0 Å². The lowest BCUT2D eigenvalue weighted by molar-refractivity contribution is -0.116. The lowest BCUT2D eigenvalue weighted by Crippen LogP contribution is -2.14. The Kier molecular flexibility index (Phi) is 5.70. The predicted molar refractivity (Wildman–Crippen MR) is 114 cm³/mol. The van der Waals surface area contributed by atoms with E-state index in [0.29, 0.717) is 29.7 Å². The molecule has 2 aromatic carbocycles. The zero-order valence-electron chi connectivity index (χ0n) is 16.9. The number of hydrogen-bond donors (Lipinski definition) is 1. The van der Waals surface area contributed by atoms with Crippen molar-refractivity contribution in [2.45, 2.75) is 32.6 Å². The number of carbonyl (C=O) groups excluding carboxylic acids is 1. The fourth-order valence-corrected chi connectivity index (χ4v) is 3.11. The summed E-state index contributed by atoms with van der Waals surface area (Å²) >= 11 is 0. The van der Waals surface area contributed by atoms with Crippen LogP contribution in [0.3, 0.4) is 0 Å². The molecule has 0 aliphatic heterocycles. The van der Waals surface area contributed by atoms with E-state index in [1.165, 1.54) is 5.56 Å². The minimum Gasteiger partial charge on any atom is -0.339 e. The molecule has 0 aliphatic carbocycles. The number of hydrogen-bond acceptors (Lipinski definition) is 5. The van der Waals surface area contributed by atoms with Crippen molar-refractivity contribution in [3.63, 3.8) is 0 Å². The molecular weight excluding hydrogens is 378 g/mol. The average molecular weight is 401 g/mol. The largest absolute Gasteiger partial charge is 0.339 e. The molecule has 0 saturated carbocycles. The first-order valence-electron chi connectivity index (χ1n) is 9.92. The maximum atomic E-state index is 12.5. The fourth-order valence-electron chi connectivity index (χ4n) is 3.11. The number of nitrogens with zero attached hydrogens (tertiary/aromatic N) is 4. The zero-order chi connectivity index (χ0) is 20.9. The number of aryl methyl sites for hydroxylation is 1. The van der Waals surface area contributed by atoms with Crippen LogP contribution in [-0.4, -0.2) is 25.8 Å². The Morgan fingerprint density at radius 1 is 1.10 bits per heavy atom. The van der Waals surface area contributed by atoms with E-state index in [-0.39, 0.29) is 12.3 Å². The second-order valence-electron chi connectivity index (χ2n) is 7.30. The molecule has 7 nitrogen and oxygen atoms in total. The number of rotatable bonds is 7. The summed E-state index contributed by atoms with van der Waals surface area (Å²) in [5.74, 6) is 1.31. The highest BCUT2D eigenvalue weighted by molar-refractivity contribution is 5.92. The van der Waals surface area contributed by atoms with Crippen molar-refractivity contribution < 1.29 is 9.32 Å². The van der Waals surface area contributed by atoms with Crippen molar-refractivity contribution in [3.05, 3.63) is 78.4 Å². The van der Waals surface area contributed by atoms with E-state index in [1.807, 2.05) is 48.7 Å². The van der Waals surface area contributed by atoms with Crippen LogP contribution in [0.15, 0.2) is 71.5 Å². The van der Waals surface area contributed by atoms with Crippen molar-refractivity contribution in [2.75, 3.05) is 5.32 Å². The summed E-state index contributed by atoms with van der Waals surface area (Å²) in [5.41, 5.74) is 3.66. The Hall–Kier alpha value is -3.74. The highest BCUT2D eigenvalue weighted by atomic mass is 16.5. The van der Waals surface area contributed by atoms with E-state index in [0.717, 1.165) is 11.3 Å². The van der Waals surface area contributed by atoms with Crippen molar-refractivity contribution >= 4 is 11.6 Å². The summed E-state index contributed by atoms with van der Waals surface area (Å²) in [7, 11) is 0. The Labute approximate surface area is 174 Å². The van der Waals surface area contributed by atoms with E-state index in [4.69, 9.17) is 4.52 Å². The second kappa shape index (κ2) is 8.73. The molecule has 2 heterocycles. The molecule has 1 amide bonds. The van der Waals surface area contributed by atoms with Gasteiger partial charge in [-0.1, -0.05) is 55.4 Å².